The molecule has 0 saturated carbocycles. The van der Waals surface area contributed by atoms with Crippen LogP contribution in [0.1, 0.15) is 28.7 Å². The first-order valence-electron chi connectivity index (χ1n) is 9.61. The number of benzene rings is 2. The Hall–Kier alpha value is -3.37. The van der Waals surface area contributed by atoms with Gasteiger partial charge in [-0.05, 0) is 36.0 Å². The SMILES string of the molecule is CCc1nnc2sc(-c3ccc(CNC(=S)NC(=O)c4cccc(OC)c4)cc3)nn12. The Labute approximate surface area is 188 Å². The van der Waals surface area contributed by atoms with Gasteiger partial charge in [-0.15, -0.1) is 10.2 Å². The molecule has 4 rings (SSSR count). The standard InChI is InChI=1S/C21H20N6O2S2/c1-3-17-24-25-21-27(17)26-19(31-21)14-9-7-13(8-10-14)12-22-20(30)23-18(28)15-5-4-6-16(11-15)29-2/h4-11H,3,12H2,1-2H3,(H2,22,23,28,30). The number of ether oxygens (including phenoxy) is 1. The third kappa shape index (κ3) is 4.70. The number of hydrogen-bond acceptors (Lipinski definition) is 7. The summed E-state index contributed by atoms with van der Waals surface area (Å²) in [6.45, 7) is 2.52. The monoisotopic (exact) mass is 452 g/mol. The average molecular weight is 453 g/mol. The molecule has 0 bridgehead atoms. The Kier molecular flexibility index (Phi) is 6.19. The second-order valence-corrected chi connectivity index (χ2v) is 8.00. The van der Waals surface area contributed by atoms with Gasteiger partial charge in [0.15, 0.2) is 10.9 Å². The number of amides is 1. The molecule has 31 heavy (non-hydrogen) atoms. The van der Waals surface area contributed by atoms with E-state index in [4.69, 9.17) is 17.0 Å². The number of carbonyl (C=O) groups excluding carboxylic acids is 1. The molecule has 0 aliphatic carbocycles. The molecule has 0 radical (unpaired) electrons. The molecular weight excluding hydrogens is 432 g/mol. The van der Waals surface area contributed by atoms with Crippen molar-refractivity contribution in [3.63, 3.8) is 0 Å². The quantitative estimate of drug-likeness (QED) is 0.434. The second kappa shape index (κ2) is 9.19. The van der Waals surface area contributed by atoms with E-state index in [0.29, 0.717) is 17.9 Å². The number of nitrogens with zero attached hydrogens (tertiary/aromatic N) is 4. The number of methoxy groups -OCH3 is 1. The lowest BCUT2D eigenvalue weighted by atomic mass is 10.1. The summed E-state index contributed by atoms with van der Waals surface area (Å²) in [6.07, 6.45) is 0.781. The van der Waals surface area contributed by atoms with Gasteiger partial charge in [-0.2, -0.15) is 9.61 Å². The molecule has 0 spiro atoms. The number of thiocarbonyl (C=S) groups is 1. The van der Waals surface area contributed by atoms with Crippen molar-refractivity contribution >= 4 is 39.5 Å². The maximum Gasteiger partial charge on any atom is 0.257 e. The van der Waals surface area contributed by atoms with E-state index < -0.39 is 0 Å². The van der Waals surface area contributed by atoms with Crippen LogP contribution in [0.25, 0.3) is 15.5 Å². The number of carbonyl (C=O) groups is 1. The lowest BCUT2D eigenvalue weighted by Gasteiger charge is -2.10. The molecule has 2 aromatic carbocycles. The van der Waals surface area contributed by atoms with Crippen LogP contribution >= 0.6 is 23.6 Å². The number of nitrogens with one attached hydrogen (secondary N) is 2. The maximum absolute atomic E-state index is 12.3. The lowest BCUT2D eigenvalue weighted by Crippen LogP contribution is -2.38. The van der Waals surface area contributed by atoms with Gasteiger partial charge in [0.05, 0.1) is 7.11 Å². The predicted octanol–water partition coefficient (Wildman–Crippen LogP) is 3.23. The lowest BCUT2D eigenvalue weighted by molar-refractivity contribution is 0.0976. The van der Waals surface area contributed by atoms with Crippen LogP contribution in [-0.4, -0.2) is 37.9 Å². The summed E-state index contributed by atoms with van der Waals surface area (Å²) in [7, 11) is 1.56. The topological polar surface area (TPSA) is 93.4 Å². The van der Waals surface area contributed by atoms with E-state index in [2.05, 4.69) is 25.9 Å². The molecule has 0 saturated heterocycles. The minimum absolute atomic E-state index is 0.262. The summed E-state index contributed by atoms with van der Waals surface area (Å²) in [5, 5.41) is 19.8. The fourth-order valence-corrected chi connectivity index (χ4v) is 3.95. The van der Waals surface area contributed by atoms with Crippen LogP contribution in [0.4, 0.5) is 0 Å². The predicted molar refractivity (Wildman–Crippen MR) is 123 cm³/mol. The minimum Gasteiger partial charge on any atom is -0.497 e. The summed E-state index contributed by atoms with van der Waals surface area (Å²) < 4.78 is 6.93. The van der Waals surface area contributed by atoms with Crippen molar-refractivity contribution in [2.75, 3.05) is 7.11 Å². The Bertz CT molecular complexity index is 1230. The average Bonchev–Trinajstić information content (AvgIpc) is 3.39. The first kappa shape index (κ1) is 20.9. The van der Waals surface area contributed by atoms with E-state index in [1.54, 1.807) is 35.9 Å². The van der Waals surface area contributed by atoms with E-state index in [-0.39, 0.29) is 11.0 Å². The van der Waals surface area contributed by atoms with Crippen molar-refractivity contribution in [3.8, 4) is 16.3 Å². The van der Waals surface area contributed by atoms with Crippen LogP contribution in [-0.2, 0) is 13.0 Å². The molecule has 0 aliphatic heterocycles. The molecule has 2 heterocycles. The smallest absolute Gasteiger partial charge is 0.257 e. The highest BCUT2D eigenvalue weighted by Crippen LogP contribution is 2.25. The summed E-state index contributed by atoms with van der Waals surface area (Å²) in [6, 6.07) is 14.9. The Balaban J connectivity index is 1.34. The zero-order chi connectivity index (χ0) is 21.8. The van der Waals surface area contributed by atoms with Gasteiger partial charge in [-0.3, -0.25) is 10.1 Å². The third-order valence-corrected chi connectivity index (χ3v) is 5.78. The van der Waals surface area contributed by atoms with Gasteiger partial charge in [-0.25, -0.2) is 0 Å². The first-order valence-corrected chi connectivity index (χ1v) is 10.8. The number of hydrogen-bond donors (Lipinski definition) is 2. The van der Waals surface area contributed by atoms with Crippen LogP contribution in [0.2, 0.25) is 0 Å². The van der Waals surface area contributed by atoms with Crippen LogP contribution in [0, 0.1) is 0 Å². The second-order valence-electron chi connectivity index (χ2n) is 6.64. The molecule has 10 heteroatoms. The van der Waals surface area contributed by atoms with Crippen molar-refractivity contribution in [1.82, 2.24) is 30.4 Å². The summed E-state index contributed by atoms with van der Waals surface area (Å²) in [5.41, 5.74) is 2.51. The molecule has 1 amide bonds. The van der Waals surface area contributed by atoms with Crippen LogP contribution in [0.3, 0.4) is 0 Å². The molecule has 2 aromatic heterocycles. The zero-order valence-corrected chi connectivity index (χ0v) is 18.6. The van der Waals surface area contributed by atoms with Crippen LogP contribution in [0.15, 0.2) is 48.5 Å². The number of fused-ring (bicyclic) bond motifs is 1. The van der Waals surface area contributed by atoms with Crippen molar-refractivity contribution in [1.29, 1.82) is 0 Å². The van der Waals surface area contributed by atoms with Gasteiger partial charge >= 0.3 is 0 Å². The first-order chi connectivity index (χ1) is 15.1. The maximum atomic E-state index is 12.3. The molecule has 158 valence electrons. The van der Waals surface area contributed by atoms with Crippen molar-refractivity contribution in [2.45, 2.75) is 19.9 Å². The van der Waals surface area contributed by atoms with Gasteiger partial charge in [0.25, 0.3) is 5.91 Å². The Morgan fingerprint density at radius 1 is 1.19 bits per heavy atom. The zero-order valence-electron chi connectivity index (χ0n) is 17.0. The summed E-state index contributed by atoms with van der Waals surface area (Å²) in [4.78, 5) is 13.1. The fraction of sp³-hybridized carbons (Fsp3) is 0.190. The third-order valence-electron chi connectivity index (χ3n) is 4.58. The highest BCUT2D eigenvalue weighted by molar-refractivity contribution is 7.80. The minimum atomic E-state index is -0.290. The van der Waals surface area contributed by atoms with E-state index in [1.165, 1.54) is 11.3 Å². The number of rotatable bonds is 6. The molecule has 0 atom stereocenters. The van der Waals surface area contributed by atoms with E-state index >= 15 is 0 Å². The van der Waals surface area contributed by atoms with E-state index in [9.17, 15) is 4.79 Å². The Morgan fingerprint density at radius 3 is 2.74 bits per heavy atom. The molecular formula is C21H20N6O2S2. The van der Waals surface area contributed by atoms with Crippen LogP contribution < -0.4 is 15.4 Å². The fourth-order valence-electron chi connectivity index (χ4n) is 2.93. The van der Waals surface area contributed by atoms with Gasteiger partial charge in [0.2, 0.25) is 4.96 Å². The molecule has 0 fully saturated rings. The largest absolute Gasteiger partial charge is 0.497 e. The Morgan fingerprint density at radius 2 is 2.00 bits per heavy atom. The van der Waals surface area contributed by atoms with Crippen molar-refractivity contribution < 1.29 is 9.53 Å². The van der Waals surface area contributed by atoms with Gasteiger partial charge in [0, 0.05) is 24.1 Å². The summed E-state index contributed by atoms with van der Waals surface area (Å²) >= 11 is 6.75. The van der Waals surface area contributed by atoms with Crippen molar-refractivity contribution in [3.05, 3.63) is 65.5 Å². The molecule has 0 unspecified atom stereocenters. The highest BCUT2D eigenvalue weighted by atomic mass is 32.1. The molecule has 2 N–H and O–H groups in total. The molecule has 0 aliphatic rings. The normalized spacial score (nSPS) is 10.8. The van der Waals surface area contributed by atoms with Gasteiger partial charge < -0.3 is 10.1 Å². The summed E-state index contributed by atoms with van der Waals surface area (Å²) in [5.74, 6) is 1.17. The van der Waals surface area contributed by atoms with E-state index in [0.717, 1.165) is 33.3 Å². The van der Waals surface area contributed by atoms with Crippen molar-refractivity contribution in [2.24, 2.45) is 0 Å². The highest BCUT2D eigenvalue weighted by Gasteiger charge is 2.12. The number of aromatic nitrogens is 4. The van der Waals surface area contributed by atoms with Crippen LogP contribution in [0.5, 0.6) is 5.75 Å². The molecule has 4 aromatic rings. The van der Waals surface area contributed by atoms with Gasteiger partial charge in [0.1, 0.15) is 10.8 Å². The van der Waals surface area contributed by atoms with E-state index in [1.807, 2.05) is 31.2 Å². The van der Waals surface area contributed by atoms with Gasteiger partial charge in [-0.1, -0.05) is 48.6 Å². The number of aryl methyl sites for hydroxylation is 1. The molecule has 8 nitrogen and oxygen atoms in total.